The molecule has 0 atom stereocenters. The molecular formula is C13H14N2O2S2. The van der Waals surface area contributed by atoms with Crippen molar-refractivity contribution in [3.8, 4) is 0 Å². The van der Waals surface area contributed by atoms with Crippen molar-refractivity contribution in [1.29, 1.82) is 0 Å². The fourth-order valence-electron chi connectivity index (χ4n) is 1.52. The summed E-state index contributed by atoms with van der Waals surface area (Å²) in [4.78, 5) is 5.54. The molecule has 0 aliphatic heterocycles. The number of sulfone groups is 1. The van der Waals surface area contributed by atoms with Gasteiger partial charge in [0.1, 0.15) is 0 Å². The Bertz CT molecular complexity index is 667. The second-order valence-electron chi connectivity index (χ2n) is 4.11. The lowest BCUT2D eigenvalue weighted by atomic mass is 10.3. The van der Waals surface area contributed by atoms with Crippen LogP contribution in [0.15, 0.2) is 52.4 Å². The lowest BCUT2D eigenvalue weighted by molar-refractivity contribution is 0.602. The van der Waals surface area contributed by atoms with E-state index in [9.17, 15) is 8.42 Å². The minimum Gasteiger partial charge on any atom is -0.399 e. The highest BCUT2D eigenvalue weighted by Crippen LogP contribution is 2.23. The summed E-state index contributed by atoms with van der Waals surface area (Å²) in [5.74, 6) is 0.698. The van der Waals surface area contributed by atoms with Gasteiger partial charge in [0, 0.05) is 28.8 Å². The number of pyridine rings is 1. The topological polar surface area (TPSA) is 73.0 Å². The van der Waals surface area contributed by atoms with E-state index in [0.717, 1.165) is 10.6 Å². The Kier molecular flexibility index (Phi) is 4.11. The average molecular weight is 294 g/mol. The molecule has 0 amide bonds. The molecule has 0 unspecified atom stereocenters. The van der Waals surface area contributed by atoms with E-state index in [1.54, 1.807) is 48.3 Å². The normalized spacial score (nSPS) is 11.4. The van der Waals surface area contributed by atoms with Crippen LogP contribution in [0.4, 0.5) is 5.69 Å². The Morgan fingerprint density at radius 2 is 1.89 bits per heavy atom. The molecule has 19 heavy (non-hydrogen) atoms. The minimum atomic E-state index is -3.13. The predicted octanol–water partition coefficient (Wildman–Crippen LogP) is 2.36. The first kappa shape index (κ1) is 13.9. The maximum atomic E-state index is 11.3. The molecule has 1 heterocycles. The summed E-state index contributed by atoms with van der Waals surface area (Å²) in [5.41, 5.74) is 7.27. The van der Waals surface area contributed by atoms with Crippen LogP contribution < -0.4 is 5.73 Å². The van der Waals surface area contributed by atoms with Gasteiger partial charge in [-0.15, -0.1) is 11.8 Å². The van der Waals surface area contributed by atoms with Gasteiger partial charge in [-0.2, -0.15) is 0 Å². The van der Waals surface area contributed by atoms with Gasteiger partial charge in [-0.3, -0.25) is 4.98 Å². The average Bonchev–Trinajstić information content (AvgIpc) is 2.36. The van der Waals surface area contributed by atoms with Crippen LogP contribution in [0.5, 0.6) is 0 Å². The Morgan fingerprint density at radius 1 is 1.21 bits per heavy atom. The molecule has 0 aliphatic rings. The molecule has 6 heteroatoms. The van der Waals surface area contributed by atoms with Crippen LogP contribution in [0.2, 0.25) is 0 Å². The zero-order chi connectivity index (χ0) is 13.9. The third kappa shape index (κ3) is 3.97. The maximum absolute atomic E-state index is 11.3. The monoisotopic (exact) mass is 294 g/mol. The second-order valence-corrected chi connectivity index (χ2v) is 7.18. The first-order chi connectivity index (χ1) is 8.95. The highest BCUT2D eigenvalue weighted by molar-refractivity contribution is 7.98. The largest absolute Gasteiger partial charge is 0.399 e. The van der Waals surface area contributed by atoms with Crippen molar-refractivity contribution in [2.45, 2.75) is 15.5 Å². The maximum Gasteiger partial charge on any atom is 0.175 e. The van der Waals surface area contributed by atoms with Gasteiger partial charge in [0.25, 0.3) is 0 Å². The lowest BCUT2D eigenvalue weighted by Crippen LogP contribution is -1.96. The Labute approximate surface area is 117 Å². The van der Waals surface area contributed by atoms with E-state index in [-0.39, 0.29) is 0 Å². The lowest BCUT2D eigenvalue weighted by Gasteiger charge is -2.03. The van der Waals surface area contributed by atoms with Gasteiger partial charge in [-0.05, 0) is 36.4 Å². The molecule has 0 aliphatic carbocycles. The summed E-state index contributed by atoms with van der Waals surface area (Å²) < 4.78 is 22.7. The van der Waals surface area contributed by atoms with E-state index < -0.39 is 9.84 Å². The van der Waals surface area contributed by atoms with Gasteiger partial charge in [0.15, 0.2) is 9.84 Å². The number of anilines is 1. The number of hydrogen-bond acceptors (Lipinski definition) is 5. The fourth-order valence-corrected chi connectivity index (χ4v) is 2.95. The van der Waals surface area contributed by atoms with Gasteiger partial charge in [-0.1, -0.05) is 0 Å². The Morgan fingerprint density at radius 3 is 2.47 bits per heavy atom. The third-order valence-electron chi connectivity index (χ3n) is 2.48. The number of hydrogen-bond donors (Lipinski definition) is 1. The van der Waals surface area contributed by atoms with Crippen LogP contribution in [0.25, 0.3) is 0 Å². The van der Waals surface area contributed by atoms with E-state index in [1.165, 1.54) is 6.26 Å². The van der Waals surface area contributed by atoms with Gasteiger partial charge < -0.3 is 5.73 Å². The zero-order valence-electron chi connectivity index (χ0n) is 10.4. The fraction of sp³-hybridized carbons (Fsp3) is 0.154. The number of thioether (sulfide) groups is 1. The molecule has 100 valence electrons. The molecule has 0 radical (unpaired) electrons. The van der Waals surface area contributed by atoms with Gasteiger partial charge in [0.2, 0.25) is 0 Å². The molecule has 2 rings (SSSR count). The molecule has 0 saturated heterocycles. The summed E-state index contributed by atoms with van der Waals surface area (Å²) in [6.07, 6.45) is 2.88. The van der Waals surface area contributed by atoms with Crippen molar-refractivity contribution >= 4 is 27.3 Å². The molecule has 0 saturated carbocycles. The van der Waals surface area contributed by atoms with Crippen molar-refractivity contribution in [1.82, 2.24) is 4.98 Å². The van der Waals surface area contributed by atoms with Crippen molar-refractivity contribution in [2.75, 3.05) is 12.0 Å². The first-order valence-electron chi connectivity index (χ1n) is 5.58. The minimum absolute atomic E-state index is 0.332. The highest BCUT2D eigenvalue weighted by atomic mass is 32.2. The summed E-state index contributed by atoms with van der Waals surface area (Å²) in [6.45, 7) is 0. The summed E-state index contributed by atoms with van der Waals surface area (Å²) in [7, 11) is -3.13. The number of nitrogens with zero attached hydrogens (tertiary/aromatic N) is 1. The van der Waals surface area contributed by atoms with E-state index in [4.69, 9.17) is 5.73 Å². The molecule has 0 bridgehead atoms. The molecule has 4 nitrogen and oxygen atoms in total. The molecular weight excluding hydrogens is 280 g/mol. The quantitative estimate of drug-likeness (QED) is 0.876. The standard InChI is InChI=1S/C13H14N2O2S2/c1-19(16,17)13-4-2-12(3-5-13)18-9-11-8-10(14)6-7-15-11/h2-8H,9H2,1H3,(H2,14,15). The Balaban J connectivity index is 2.05. The highest BCUT2D eigenvalue weighted by Gasteiger charge is 2.06. The van der Waals surface area contributed by atoms with Crippen molar-refractivity contribution < 1.29 is 8.42 Å². The first-order valence-corrected chi connectivity index (χ1v) is 8.46. The number of nitrogens with two attached hydrogens (primary N) is 1. The van der Waals surface area contributed by atoms with Crippen LogP contribution >= 0.6 is 11.8 Å². The molecule has 2 aromatic rings. The van der Waals surface area contributed by atoms with E-state index in [0.29, 0.717) is 16.3 Å². The number of aromatic nitrogens is 1. The van der Waals surface area contributed by atoms with Crippen LogP contribution in [0.1, 0.15) is 5.69 Å². The number of rotatable bonds is 4. The molecule has 1 aromatic carbocycles. The van der Waals surface area contributed by atoms with E-state index in [1.807, 2.05) is 6.07 Å². The van der Waals surface area contributed by atoms with E-state index in [2.05, 4.69) is 4.98 Å². The van der Waals surface area contributed by atoms with Gasteiger partial charge in [-0.25, -0.2) is 8.42 Å². The molecule has 1 aromatic heterocycles. The summed E-state index contributed by atoms with van der Waals surface area (Å²) >= 11 is 1.59. The number of benzene rings is 1. The third-order valence-corrected chi connectivity index (χ3v) is 4.65. The van der Waals surface area contributed by atoms with Crippen molar-refractivity contribution in [3.05, 3.63) is 48.3 Å². The summed E-state index contributed by atoms with van der Waals surface area (Å²) in [5, 5.41) is 0. The van der Waals surface area contributed by atoms with Gasteiger partial charge >= 0.3 is 0 Å². The van der Waals surface area contributed by atoms with Crippen LogP contribution in [-0.4, -0.2) is 19.7 Å². The van der Waals surface area contributed by atoms with E-state index >= 15 is 0 Å². The zero-order valence-corrected chi connectivity index (χ0v) is 12.0. The smallest absolute Gasteiger partial charge is 0.175 e. The predicted molar refractivity (Wildman–Crippen MR) is 77.8 cm³/mol. The van der Waals surface area contributed by atoms with Gasteiger partial charge in [0.05, 0.1) is 10.6 Å². The van der Waals surface area contributed by atoms with Crippen molar-refractivity contribution in [3.63, 3.8) is 0 Å². The van der Waals surface area contributed by atoms with Crippen molar-refractivity contribution in [2.24, 2.45) is 0 Å². The molecule has 0 fully saturated rings. The SMILES string of the molecule is CS(=O)(=O)c1ccc(SCc2cc(N)ccn2)cc1. The van der Waals surface area contributed by atoms with Crippen LogP contribution in [0.3, 0.4) is 0 Å². The number of nitrogen functional groups attached to an aromatic ring is 1. The summed E-state index contributed by atoms with van der Waals surface area (Å²) in [6, 6.07) is 10.4. The molecule has 0 spiro atoms. The van der Waals surface area contributed by atoms with Crippen LogP contribution in [0, 0.1) is 0 Å². The second kappa shape index (κ2) is 5.63. The Hall–Kier alpha value is -1.53. The molecule has 2 N–H and O–H groups in total. The van der Waals surface area contributed by atoms with Crippen LogP contribution in [-0.2, 0) is 15.6 Å².